The van der Waals surface area contributed by atoms with E-state index < -0.39 is 0 Å². The Morgan fingerprint density at radius 3 is 2.83 bits per heavy atom. The summed E-state index contributed by atoms with van der Waals surface area (Å²) >= 11 is 1.44. The number of aromatic amines is 1. The molecule has 5 rings (SSSR count). The number of rotatable bonds is 3. The second kappa shape index (κ2) is 7.36. The van der Waals surface area contributed by atoms with Crippen LogP contribution in [0.5, 0.6) is 0 Å². The molecule has 4 aromatic rings. The average Bonchev–Trinajstić information content (AvgIpc) is 3.43. The predicted molar refractivity (Wildman–Crippen MR) is 113 cm³/mol. The van der Waals surface area contributed by atoms with Crippen LogP contribution in [-0.4, -0.2) is 51.9 Å². The van der Waals surface area contributed by atoms with E-state index in [0.29, 0.717) is 24.5 Å². The van der Waals surface area contributed by atoms with Crippen molar-refractivity contribution in [3.63, 3.8) is 0 Å². The molecule has 1 amide bonds. The summed E-state index contributed by atoms with van der Waals surface area (Å²) in [6, 6.07) is 11.8. The lowest BCUT2D eigenvalue weighted by molar-refractivity contribution is 0.0762. The van der Waals surface area contributed by atoms with Gasteiger partial charge in [0.05, 0.1) is 11.0 Å². The van der Waals surface area contributed by atoms with E-state index in [1.54, 1.807) is 0 Å². The molecule has 148 valence electrons. The number of para-hydroxylation sites is 2. The fraction of sp³-hybridized carbons (Fsp3) is 0.286. The van der Waals surface area contributed by atoms with Gasteiger partial charge in [-0.1, -0.05) is 12.1 Å². The van der Waals surface area contributed by atoms with Crippen molar-refractivity contribution in [1.82, 2.24) is 19.9 Å². The number of imidazole rings is 1. The molecule has 0 unspecified atom stereocenters. The molecule has 7 nitrogen and oxygen atoms in total. The number of nitrogens with one attached hydrogen (secondary N) is 1. The lowest BCUT2D eigenvalue weighted by Crippen LogP contribution is -2.35. The van der Waals surface area contributed by atoms with E-state index in [1.165, 1.54) is 11.3 Å². The Labute approximate surface area is 172 Å². The predicted octanol–water partition coefficient (Wildman–Crippen LogP) is 3.94. The first-order valence-electron chi connectivity index (χ1n) is 9.69. The second-order valence-corrected chi connectivity index (χ2v) is 8.02. The van der Waals surface area contributed by atoms with Crippen LogP contribution in [0.2, 0.25) is 0 Å². The summed E-state index contributed by atoms with van der Waals surface area (Å²) in [6.07, 6.45) is 0.886. The lowest BCUT2D eigenvalue weighted by atomic mass is 10.3. The number of carbonyl (C=O) groups is 1. The van der Waals surface area contributed by atoms with Crippen LogP contribution in [0.3, 0.4) is 0 Å². The molecule has 0 aliphatic carbocycles. The molecule has 29 heavy (non-hydrogen) atoms. The van der Waals surface area contributed by atoms with Crippen molar-refractivity contribution < 1.29 is 9.21 Å². The first-order chi connectivity index (χ1) is 14.2. The average molecular weight is 407 g/mol. The Hall–Kier alpha value is -3.13. The monoisotopic (exact) mass is 407 g/mol. The number of anilines is 1. The van der Waals surface area contributed by atoms with E-state index in [9.17, 15) is 4.79 Å². The zero-order valence-electron chi connectivity index (χ0n) is 16.1. The second-order valence-electron chi connectivity index (χ2n) is 7.16. The summed E-state index contributed by atoms with van der Waals surface area (Å²) in [6.45, 7) is 4.84. The number of hydrogen-bond acceptors (Lipinski definition) is 6. The van der Waals surface area contributed by atoms with E-state index in [2.05, 4.69) is 14.9 Å². The van der Waals surface area contributed by atoms with Gasteiger partial charge in [0.2, 0.25) is 5.95 Å². The molecule has 8 heteroatoms. The molecule has 0 spiro atoms. The highest BCUT2D eigenvalue weighted by Gasteiger charge is 2.24. The van der Waals surface area contributed by atoms with Gasteiger partial charge in [0.1, 0.15) is 11.5 Å². The highest BCUT2D eigenvalue weighted by atomic mass is 32.1. The van der Waals surface area contributed by atoms with Crippen molar-refractivity contribution in [2.45, 2.75) is 13.3 Å². The smallest absolute Gasteiger partial charge is 0.273 e. The van der Waals surface area contributed by atoms with Gasteiger partial charge in [-0.3, -0.25) is 4.79 Å². The van der Waals surface area contributed by atoms with Crippen molar-refractivity contribution in [3.05, 3.63) is 53.2 Å². The maximum atomic E-state index is 13.0. The van der Waals surface area contributed by atoms with Crippen LogP contribution in [0.25, 0.3) is 21.8 Å². The molecular weight excluding hydrogens is 386 g/mol. The molecule has 0 bridgehead atoms. The highest BCUT2D eigenvalue weighted by molar-refractivity contribution is 7.13. The third kappa shape index (κ3) is 3.51. The summed E-state index contributed by atoms with van der Waals surface area (Å²) in [5.41, 5.74) is 2.47. The number of H-pyrrole nitrogens is 1. The van der Waals surface area contributed by atoms with Gasteiger partial charge in [-0.25, -0.2) is 9.97 Å². The van der Waals surface area contributed by atoms with Crippen molar-refractivity contribution in [2.24, 2.45) is 0 Å². The van der Waals surface area contributed by atoms with Crippen LogP contribution < -0.4 is 4.90 Å². The van der Waals surface area contributed by atoms with Crippen molar-refractivity contribution >= 4 is 34.2 Å². The minimum Gasteiger partial charge on any atom is -0.459 e. The van der Waals surface area contributed by atoms with Gasteiger partial charge in [-0.2, -0.15) is 0 Å². The minimum absolute atomic E-state index is 0.0257. The summed E-state index contributed by atoms with van der Waals surface area (Å²) in [5, 5.41) is 2.55. The zero-order valence-corrected chi connectivity index (χ0v) is 16.9. The van der Waals surface area contributed by atoms with E-state index in [0.717, 1.165) is 47.3 Å². The van der Waals surface area contributed by atoms with Gasteiger partial charge in [-0.05, 0) is 37.6 Å². The number of amides is 1. The molecule has 3 aromatic heterocycles. The quantitative estimate of drug-likeness (QED) is 0.557. The van der Waals surface area contributed by atoms with Gasteiger partial charge in [-0.15, -0.1) is 11.3 Å². The van der Waals surface area contributed by atoms with Gasteiger partial charge in [0, 0.05) is 31.6 Å². The van der Waals surface area contributed by atoms with Crippen molar-refractivity contribution in [2.75, 3.05) is 31.1 Å². The minimum atomic E-state index is -0.0257. The third-order valence-corrected chi connectivity index (χ3v) is 5.99. The Balaban J connectivity index is 1.29. The first-order valence-corrected chi connectivity index (χ1v) is 10.6. The highest BCUT2D eigenvalue weighted by Crippen LogP contribution is 2.26. The molecule has 1 aromatic carbocycles. The molecule has 4 heterocycles. The Morgan fingerprint density at radius 2 is 2.00 bits per heavy atom. The normalized spacial score (nSPS) is 15.1. The van der Waals surface area contributed by atoms with E-state index in [-0.39, 0.29) is 5.91 Å². The summed E-state index contributed by atoms with van der Waals surface area (Å²) in [5.74, 6) is 2.38. The van der Waals surface area contributed by atoms with Gasteiger partial charge >= 0.3 is 0 Å². The number of nitrogens with zero attached hydrogens (tertiary/aromatic N) is 4. The Bertz CT molecular complexity index is 1130. The van der Waals surface area contributed by atoms with Gasteiger partial charge < -0.3 is 19.2 Å². The largest absolute Gasteiger partial charge is 0.459 e. The molecule has 1 fully saturated rings. The van der Waals surface area contributed by atoms with Gasteiger partial charge in [0.15, 0.2) is 10.8 Å². The standard InChI is InChI=1S/C21H21N5O2S/c1-14-7-8-18(28-14)19-22-17(13-29-19)20(27)25-9-4-10-26(12-11-25)21-23-15-5-2-3-6-16(15)24-21/h2-3,5-8,13H,4,9-12H2,1H3,(H,23,24). The van der Waals surface area contributed by atoms with E-state index in [1.807, 2.05) is 53.6 Å². The summed E-state index contributed by atoms with van der Waals surface area (Å²) < 4.78 is 5.62. The van der Waals surface area contributed by atoms with Crippen LogP contribution in [0.4, 0.5) is 5.95 Å². The first kappa shape index (κ1) is 17.9. The maximum Gasteiger partial charge on any atom is 0.273 e. The Morgan fingerprint density at radius 1 is 1.10 bits per heavy atom. The number of aromatic nitrogens is 3. The van der Waals surface area contributed by atoms with Crippen LogP contribution in [0.15, 0.2) is 46.2 Å². The molecule has 0 atom stereocenters. The Kier molecular flexibility index (Phi) is 4.55. The van der Waals surface area contributed by atoms with Crippen molar-refractivity contribution in [3.8, 4) is 10.8 Å². The number of fused-ring (bicyclic) bond motifs is 1. The third-order valence-electron chi connectivity index (χ3n) is 5.13. The number of benzene rings is 1. The molecule has 1 aliphatic heterocycles. The number of aryl methyl sites for hydroxylation is 1. The fourth-order valence-electron chi connectivity index (χ4n) is 3.62. The number of furan rings is 1. The number of hydrogen-bond donors (Lipinski definition) is 1. The van der Waals surface area contributed by atoms with Crippen LogP contribution in [-0.2, 0) is 0 Å². The molecule has 1 saturated heterocycles. The maximum absolute atomic E-state index is 13.0. The SMILES string of the molecule is Cc1ccc(-c2nc(C(=O)N3CCCN(c4nc5ccccc5[nH]4)CC3)cs2)o1. The fourth-order valence-corrected chi connectivity index (χ4v) is 4.37. The molecule has 0 saturated carbocycles. The number of carbonyl (C=O) groups excluding carboxylic acids is 1. The van der Waals surface area contributed by atoms with Crippen molar-refractivity contribution in [1.29, 1.82) is 0 Å². The van der Waals surface area contributed by atoms with E-state index in [4.69, 9.17) is 9.40 Å². The summed E-state index contributed by atoms with van der Waals surface area (Å²) in [4.78, 5) is 29.7. The molecular formula is C21H21N5O2S. The molecule has 1 N–H and O–H groups in total. The number of thiazole rings is 1. The topological polar surface area (TPSA) is 78.3 Å². The lowest BCUT2D eigenvalue weighted by Gasteiger charge is -2.21. The summed E-state index contributed by atoms with van der Waals surface area (Å²) in [7, 11) is 0. The molecule has 0 radical (unpaired) electrons. The van der Waals surface area contributed by atoms with E-state index >= 15 is 0 Å². The molecule has 1 aliphatic rings. The van der Waals surface area contributed by atoms with Gasteiger partial charge in [0.25, 0.3) is 5.91 Å². The zero-order chi connectivity index (χ0) is 19.8. The van der Waals surface area contributed by atoms with Crippen LogP contribution in [0.1, 0.15) is 22.7 Å². The van der Waals surface area contributed by atoms with Crippen LogP contribution in [0, 0.1) is 6.92 Å². The van der Waals surface area contributed by atoms with Crippen LogP contribution >= 0.6 is 11.3 Å².